The fourth-order valence-corrected chi connectivity index (χ4v) is 8.27. The Hall–Kier alpha value is -2.30. The Morgan fingerprint density at radius 2 is 0.788 bits per heavy atom. The van der Waals surface area contributed by atoms with E-state index in [1.54, 1.807) is 0 Å². The average molecular weight is 955 g/mol. The van der Waals surface area contributed by atoms with E-state index in [-0.39, 0.29) is 25.9 Å². The van der Waals surface area contributed by atoms with Crippen LogP contribution in [0.15, 0.2) is 36.5 Å². The van der Waals surface area contributed by atoms with Crippen molar-refractivity contribution in [1.82, 2.24) is 0 Å². The summed E-state index contributed by atoms with van der Waals surface area (Å²) in [6.07, 6.45) is 48.3. The van der Waals surface area contributed by atoms with Crippen LogP contribution < -0.4 is 0 Å². The third kappa shape index (κ3) is 46.8. The lowest BCUT2D eigenvalue weighted by molar-refractivity contribution is -0.161. The lowest BCUT2D eigenvalue weighted by Gasteiger charge is -2.21. The number of aliphatic hydroxyl groups is 1. The summed E-state index contributed by atoms with van der Waals surface area (Å²) in [5, 5.41) is 9.77. The normalized spacial score (nSPS) is 13.7. The number of hydrogen-bond acceptors (Lipinski definition) is 10. The molecule has 2 N–H and O–H groups in total. The van der Waals surface area contributed by atoms with Gasteiger partial charge in [-0.15, -0.1) is 0 Å². The van der Waals surface area contributed by atoms with Crippen molar-refractivity contribution in [3.63, 3.8) is 0 Å². The summed E-state index contributed by atoms with van der Waals surface area (Å²) in [5.74, 6) is -1.48. The van der Waals surface area contributed by atoms with E-state index < -0.39 is 57.8 Å². The first-order valence-electron chi connectivity index (χ1n) is 26.9. The number of phosphoric acid groups is 1. The Morgan fingerprint density at radius 3 is 1.21 bits per heavy atom. The molecule has 0 aromatic rings. The van der Waals surface area contributed by atoms with Crippen LogP contribution in [0.2, 0.25) is 0 Å². The van der Waals surface area contributed by atoms with E-state index in [2.05, 4.69) is 57.2 Å². The molecule has 0 radical (unpaired) electrons. The van der Waals surface area contributed by atoms with E-state index in [1.807, 2.05) is 0 Å². The van der Waals surface area contributed by atoms with Gasteiger partial charge in [-0.25, -0.2) is 4.57 Å². The number of esters is 3. The van der Waals surface area contributed by atoms with Gasteiger partial charge in [-0.1, -0.05) is 218 Å². The summed E-state index contributed by atoms with van der Waals surface area (Å²) >= 11 is 0. The fraction of sp³-hybridized carbons (Fsp3) is 0.833. The number of hydrogen-bond donors (Lipinski definition) is 2. The van der Waals surface area contributed by atoms with Crippen molar-refractivity contribution in [1.29, 1.82) is 0 Å². The second kappa shape index (κ2) is 49.1. The first kappa shape index (κ1) is 63.7. The Kier molecular flexibility index (Phi) is 47.4. The molecule has 0 fully saturated rings. The number of allylic oxidation sites excluding steroid dienone is 6. The molecule has 0 bridgehead atoms. The molecule has 0 aliphatic heterocycles. The molecule has 0 aromatic carbocycles. The Balaban J connectivity index is 4.74. The molecule has 0 saturated carbocycles. The van der Waals surface area contributed by atoms with Crippen LogP contribution in [-0.4, -0.2) is 66.5 Å². The Bertz CT molecular complexity index is 1250. The van der Waals surface area contributed by atoms with Crippen molar-refractivity contribution in [2.45, 2.75) is 264 Å². The molecule has 0 aliphatic rings. The van der Waals surface area contributed by atoms with E-state index in [4.69, 9.17) is 23.3 Å². The summed E-state index contributed by atoms with van der Waals surface area (Å²) in [7, 11) is -4.74. The van der Waals surface area contributed by atoms with Gasteiger partial charge in [0.1, 0.15) is 12.7 Å². The van der Waals surface area contributed by atoms with Gasteiger partial charge >= 0.3 is 25.7 Å². The number of phosphoric ester groups is 1. The van der Waals surface area contributed by atoms with E-state index in [0.717, 1.165) is 77.0 Å². The van der Waals surface area contributed by atoms with Gasteiger partial charge in [-0.2, -0.15) is 0 Å². The van der Waals surface area contributed by atoms with Crippen LogP contribution in [0.25, 0.3) is 0 Å². The molecular weight excluding hydrogens is 856 g/mol. The van der Waals surface area contributed by atoms with Gasteiger partial charge in [-0.05, 0) is 51.4 Å². The number of carbonyl (C=O) groups excluding carboxylic acids is 3. The highest BCUT2D eigenvalue weighted by Crippen LogP contribution is 2.43. The molecule has 11 nitrogen and oxygen atoms in total. The second-order valence-corrected chi connectivity index (χ2v) is 19.5. The van der Waals surface area contributed by atoms with Crippen LogP contribution in [0.3, 0.4) is 0 Å². The third-order valence-corrected chi connectivity index (χ3v) is 12.5. The van der Waals surface area contributed by atoms with E-state index in [9.17, 15) is 28.9 Å². The topological polar surface area (TPSA) is 155 Å². The van der Waals surface area contributed by atoms with Gasteiger partial charge < -0.3 is 24.2 Å². The van der Waals surface area contributed by atoms with Crippen molar-refractivity contribution in [2.75, 3.05) is 26.4 Å². The third-order valence-electron chi connectivity index (χ3n) is 11.6. The number of aliphatic hydroxyl groups excluding tert-OH is 1. The molecule has 12 heteroatoms. The number of carbonyl (C=O) groups is 3. The van der Waals surface area contributed by atoms with Crippen LogP contribution in [-0.2, 0) is 42.2 Å². The van der Waals surface area contributed by atoms with Gasteiger partial charge in [-0.3, -0.25) is 23.4 Å². The Morgan fingerprint density at radius 1 is 0.439 bits per heavy atom. The lowest BCUT2D eigenvalue weighted by atomic mass is 10.0. The molecule has 0 heterocycles. The van der Waals surface area contributed by atoms with Crippen molar-refractivity contribution in [3.8, 4) is 0 Å². The molecule has 66 heavy (non-hydrogen) atoms. The number of ether oxygens (including phenoxy) is 3. The maximum Gasteiger partial charge on any atom is 0.472 e. The Labute approximate surface area is 403 Å². The molecule has 0 spiro atoms. The summed E-state index contributed by atoms with van der Waals surface area (Å²) in [6, 6.07) is 0. The fourth-order valence-electron chi connectivity index (χ4n) is 7.49. The second-order valence-electron chi connectivity index (χ2n) is 18.0. The summed E-state index contributed by atoms with van der Waals surface area (Å²) in [5.41, 5.74) is 0. The predicted octanol–water partition coefficient (Wildman–Crippen LogP) is 15.3. The quantitative estimate of drug-likeness (QED) is 0.0197. The van der Waals surface area contributed by atoms with E-state index >= 15 is 0 Å². The van der Waals surface area contributed by atoms with Crippen LogP contribution in [0.5, 0.6) is 0 Å². The molecule has 0 rings (SSSR count). The van der Waals surface area contributed by atoms with E-state index in [1.165, 1.54) is 116 Å². The average Bonchev–Trinajstić information content (AvgIpc) is 3.30. The molecule has 0 aliphatic carbocycles. The van der Waals surface area contributed by atoms with Crippen LogP contribution in [0, 0.1) is 0 Å². The van der Waals surface area contributed by atoms with Crippen molar-refractivity contribution < 1.29 is 52.2 Å². The van der Waals surface area contributed by atoms with Crippen LogP contribution >= 0.6 is 7.82 Å². The van der Waals surface area contributed by atoms with Crippen molar-refractivity contribution in [3.05, 3.63) is 36.5 Å². The maximum absolute atomic E-state index is 12.8. The summed E-state index contributed by atoms with van der Waals surface area (Å²) < 4.78 is 39.4. The minimum Gasteiger partial charge on any atom is -0.462 e. The van der Waals surface area contributed by atoms with Crippen molar-refractivity contribution in [2.24, 2.45) is 0 Å². The maximum atomic E-state index is 12.8. The zero-order valence-electron chi connectivity index (χ0n) is 42.4. The van der Waals surface area contributed by atoms with Gasteiger partial charge in [0.05, 0.1) is 19.8 Å². The molecule has 0 amide bonds. The zero-order valence-corrected chi connectivity index (χ0v) is 43.3. The molecule has 3 atom stereocenters. The minimum absolute atomic E-state index is 0.166. The molecule has 3 unspecified atom stereocenters. The number of rotatable bonds is 50. The van der Waals surface area contributed by atoms with Gasteiger partial charge in [0.25, 0.3) is 0 Å². The highest BCUT2D eigenvalue weighted by molar-refractivity contribution is 7.47. The van der Waals surface area contributed by atoms with Gasteiger partial charge in [0, 0.05) is 19.3 Å². The van der Waals surface area contributed by atoms with Crippen LogP contribution in [0.1, 0.15) is 252 Å². The first-order chi connectivity index (χ1) is 32.2. The summed E-state index contributed by atoms with van der Waals surface area (Å²) in [6.45, 7) is 4.51. The highest BCUT2D eigenvalue weighted by atomic mass is 31.2. The molecule has 0 saturated heterocycles. The van der Waals surface area contributed by atoms with Gasteiger partial charge in [0.2, 0.25) is 0 Å². The molecule has 0 aromatic heterocycles. The standard InChI is InChI=1S/C54H99O11P/c1-4-7-10-13-16-19-22-24-25-27-30-33-36-39-42-45-54(58)65-51(47-61-52(56)43-40-37-34-31-29-26-23-20-17-14-11-8-5-2)49-63-66(59,60)62-48-50(46-55)64-53(57)44-41-38-35-32-28-21-18-15-12-9-6-3/h8,11,17,20,26,29,50-51,55H,4-7,9-10,12-16,18-19,21-25,27-28,30-49H2,1-3H3,(H,59,60)/b11-8-,20-17-,29-26-. The predicted molar refractivity (Wildman–Crippen MR) is 270 cm³/mol. The summed E-state index contributed by atoms with van der Waals surface area (Å²) in [4.78, 5) is 48.3. The van der Waals surface area contributed by atoms with Crippen LogP contribution in [0.4, 0.5) is 0 Å². The highest BCUT2D eigenvalue weighted by Gasteiger charge is 2.28. The minimum atomic E-state index is -4.74. The monoisotopic (exact) mass is 955 g/mol. The van der Waals surface area contributed by atoms with E-state index in [0.29, 0.717) is 19.3 Å². The van der Waals surface area contributed by atoms with Crippen molar-refractivity contribution >= 4 is 25.7 Å². The zero-order chi connectivity index (χ0) is 48.4. The number of unbranched alkanes of at least 4 members (excludes halogenated alkanes) is 27. The smallest absolute Gasteiger partial charge is 0.462 e. The largest absolute Gasteiger partial charge is 0.472 e. The molecule has 386 valence electrons. The lowest BCUT2D eigenvalue weighted by Crippen LogP contribution is -2.30. The van der Waals surface area contributed by atoms with Gasteiger partial charge in [0.15, 0.2) is 6.10 Å². The first-order valence-corrected chi connectivity index (χ1v) is 28.4. The SMILES string of the molecule is CC/C=C\C/C=C\C/C=C\CCCCCC(=O)OCC(COP(=O)(O)OCC(CO)OC(=O)CCCCCCCCCCCCC)OC(=O)CCCCCCCCCCCCCCCCC. The molecular formula is C54H99O11P.